The first-order chi connectivity index (χ1) is 10.1. The lowest BCUT2D eigenvalue weighted by Crippen LogP contribution is -1.99. The zero-order valence-corrected chi connectivity index (χ0v) is 14.1. The van der Waals surface area contributed by atoms with Crippen LogP contribution in [0, 0.1) is 20.8 Å². The predicted octanol–water partition coefficient (Wildman–Crippen LogP) is 5.41. The van der Waals surface area contributed by atoms with Crippen molar-refractivity contribution >= 4 is 28.4 Å². The summed E-state index contributed by atoms with van der Waals surface area (Å²) in [6.07, 6.45) is 0. The standard InChI is InChI=1S/C17H18N2S2/c1-11-8-15(12(2)21-11)9-18-16-6-4-14(5-7-16)17-10-20-13(3)19-17/h4-8,10,18H,9H2,1-3H3. The first kappa shape index (κ1) is 14.3. The van der Waals surface area contributed by atoms with Crippen LogP contribution >= 0.6 is 22.7 Å². The summed E-state index contributed by atoms with van der Waals surface area (Å²) in [6, 6.07) is 10.8. The van der Waals surface area contributed by atoms with Gasteiger partial charge in [-0.3, -0.25) is 0 Å². The molecular weight excluding hydrogens is 296 g/mol. The van der Waals surface area contributed by atoms with Gasteiger partial charge in [-0.25, -0.2) is 4.98 Å². The number of aryl methyl sites for hydroxylation is 3. The quantitative estimate of drug-likeness (QED) is 0.696. The van der Waals surface area contributed by atoms with Crippen molar-refractivity contribution in [2.75, 3.05) is 5.32 Å². The number of hydrogen-bond donors (Lipinski definition) is 1. The Hall–Kier alpha value is -1.65. The average molecular weight is 314 g/mol. The largest absolute Gasteiger partial charge is 0.381 e. The van der Waals surface area contributed by atoms with Crippen molar-refractivity contribution in [1.82, 2.24) is 4.98 Å². The molecule has 0 atom stereocenters. The molecule has 108 valence electrons. The minimum atomic E-state index is 0.880. The first-order valence-electron chi connectivity index (χ1n) is 6.94. The highest BCUT2D eigenvalue weighted by Gasteiger charge is 2.04. The third-order valence-corrected chi connectivity index (χ3v) is 5.21. The van der Waals surface area contributed by atoms with Gasteiger partial charge in [0.05, 0.1) is 10.7 Å². The van der Waals surface area contributed by atoms with Gasteiger partial charge in [-0.2, -0.15) is 0 Å². The molecule has 0 spiro atoms. The fourth-order valence-corrected chi connectivity index (χ4v) is 3.88. The summed E-state index contributed by atoms with van der Waals surface area (Å²) in [4.78, 5) is 7.29. The Balaban J connectivity index is 1.68. The number of nitrogens with one attached hydrogen (secondary N) is 1. The summed E-state index contributed by atoms with van der Waals surface area (Å²) in [5, 5.41) is 6.70. The number of nitrogens with zero attached hydrogens (tertiary/aromatic N) is 1. The van der Waals surface area contributed by atoms with E-state index < -0.39 is 0 Å². The van der Waals surface area contributed by atoms with Crippen LogP contribution in [0.5, 0.6) is 0 Å². The molecule has 0 aliphatic rings. The lowest BCUT2D eigenvalue weighted by molar-refractivity contribution is 1.14. The molecular formula is C17H18N2S2. The van der Waals surface area contributed by atoms with Crippen LogP contribution in [-0.2, 0) is 6.54 Å². The van der Waals surface area contributed by atoms with Crippen molar-refractivity contribution < 1.29 is 0 Å². The molecule has 3 rings (SSSR count). The molecule has 0 radical (unpaired) electrons. The van der Waals surface area contributed by atoms with Crippen LogP contribution in [-0.4, -0.2) is 4.98 Å². The molecule has 2 aromatic heterocycles. The van der Waals surface area contributed by atoms with Crippen LogP contribution in [0.4, 0.5) is 5.69 Å². The summed E-state index contributed by atoms with van der Waals surface area (Å²) < 4.78 is 0. The second-order valence-electron chi connectivity index (χ2n) is 5.12. The normalized spacial score (nSPS) is 10.8. The zero-order chi connectivity index (χ0) is 14.8. The number of aromatic nitrogens is 1. The molecule has 2 nitrogen and oxygen atoms in total. The second kappa shape index (κ2) is 6.00. The number of rotatable bonds is 4. The SMILES string of the molecule is Cc1cc(CNc2ccc(-c3csc(C)n3)cc2)c(C)s1. The molecule has 0 unspecified atom stereocenters. The molecule has 0 bridgehead atoms. The van der Waals surface area contributed by atoms with Crippen LogP contribution in [0.15, 0.2) is 35.7 Å². The Labute approximate surface area is 133 Å². The number of thiophene rings is 1. The van der Waals surface area contributed by atoms with E-state index in [0.717, 1.165) is 22.9 Å². The van der Waals surface area contributed by atoms with Crippen LogP contribution < -0.4 is 5.32 Å². The van der Waals surface area contributed by atoms with Gasteiger partial charge in [0.1, 0.15) is 0 Å². The van der Waals surface area contributed by atoms with Gasteiger partial charge in [0, 0.05) is 32.9 Å². The molecule has 0 aliphatic carbocycles. The molecule has 0 aliphatic heterocycles. The van der Waals surface area contributed by atoms with Crippen molar-refractivity contribution in [3.63, 3.8) is 0 Å². The van der Waals surface area contributed by atoms with Gasteiger partial charge in [0.2, 0.25) is 0 Å². The maximum atomic E-state index is 4.52. The highest BCUT2D eigenvalue weighted by Crippen LogP contribution is 2.24. The summed E-state index contributed by atoms with van der Waals surface area (Å²) in [7, 11) is 0. The van der Waals surface area contributed by atoms with E-state index in [1.807, 2.05) is 18.3 Å². The van der Waals surface area contributed by atoms with Crippen LogP contribution in [0.25, 0.3) is 11.3 Å². The molecule has 2 heterocycles. The average Bonchev–Trinajstić information content (AvgIpc) is 3.03. The number of thiazole rings is 1. The van der Waals surface area contributed by atoms with Crippen LogP contribution in [0.3, 0.4) is 0 Å². The summed E-state index contributed by atoms with van der Waals surface area (Å²) in [6.45, 7) is 7.26. The van der Waals surface area contributed by atoms with E-state index in [4.69, 9.17) is 0 Å². The molecule has 4 heteroatoms. The Morgan fingerprint density at radius 3 is 2.43 bits per heavy atom. The Kier molecular flexibility index (Phi) is 4.08. The van der Waals surface area contributed by atoms with Gasteiger partial charge in [0.15, 0.2) is 0 Å². The number of benzene rings is 1. The lowest BCUT2D eigenvalue weighted by atomic mass is 10.1. The molecule has 0 saturated carbocycles. The number of anilines is 1. The van der Waals surface area contributed by atoms with E-state index in [1.54, 1.807) is 11.3 Å². The fraction of sp³-hybridized carbons (Fsp3) is 0.235. The predicted molar refractivity (Wildman–Crippen MR) is 93.4 cm³/mol. The van der Waals surface area contributed by atoms with Gasteiger partial charge in [-0.1, -0.05) is 12.1 Å². The van der Waals surface area contributed by atoms with Gasteiger partial charge in [-0.15, -0.1) is 22.7 Å². The first-order valence-corrected chi connectivity index (χ1v) is 8.64. The lowest BCUT2D eigenvalue weighted by Gasteiger charge is -2.07. The Morgan fingerprint density at radius 1 is 1.10 bits per heavy atom. The van der Waals surface area contributed by atoms with Crippen molar-refractivity contribution in [3.8, 4) is 11.3 Å². The van der Waals surface area contributed by atoms with E-state index in [9.17, 15) is 0 Å². The molecule has 0 amide bonds. The summed E-state index contributed by atoms with van der Waals surface area (Å²) in [5.74, 6) is 0. The molecule has 0 saturated heterocycles. The minimum absolute atomic E-state index is 0.880. The van der Waals surface area contributed by atoms with Crippen molar-refractivity contribution in [2.45, 2.75) is 27.3 Å². The third kappa shape index (κ3) is 3.34. The van der Waals surface area contributed by atoms with Gasteiger partial charge < -0.3 is 5.32 Å². The van der Waals surface area contributed by atoms with Gasteiger partial charge in [-0.05, 0) is 44.5 Å². The Bertz CT molecular complexity index is 738. The second-order valence-corrected chi connectivity index (χ2v) is 7.64. The van der Waals surface area contributed by atoms with E-state index in [1.165, 1.54) is 20.9 Å². The molecule has 1 aromatic carbocycles. The third-order valence-electron chi connectivity index (χ3n) is 3.43. The van der Waals surface area contributed by atoms with Crippen molar-refractivity contribution in [3.05, 3.63) is 56.0 Å². The maximum Gasteiger partial charge on any atom is 0.0901 e. The highest BCUT2D eigenvalue weighted by atomic mass is 32.1. The molecule has 0 fully saturated rings. The molecule has 1 N–H and O–H groups in total. The van der Waals surface area contributed by atoms with Gasteiger partial charge in [0.25, 0.3) is 0 Å². The van der Waals surface area contributed by atoms with Crippen LogP contribution in [0.1, 0.15) is 20.3 Å². The zero-order valence-electron chi connectivity index (χ0n) is 12.4. The smallest absolute Gasteiger partial charge is 0.0901 e. The number of hydrogen-bond acceptors (Lipinski definition) is 4. The van der Waals surface area contributed by atoms with Crippen LogP contribution in [0.2, 0.25) is 0 Å². The summed E-state index contributed by atoms with van der Waals surface area (Å²) in [5.41, 5.74) is 4.77. The van der Waals surface area contributed by atoms with E-state index in [0.29, 0.717) is 0 Å². The van der Waals surface area contributed by atoms with E-state index >= 15 is 0 Å². The van der Waals surface area contributed by atoms with E-state index in [2.05, 4.69) is 59.9 Å². The fourth-order valence-electron chi connectivity index (χ4n) is 2.31. The highest BCUT2D eigenvalue weighted by molar-refractivity contribution is 7.12. The minimum Gasteiger partial charge on any atom is -0.381 e. The Morgan fingerprint density at radius 2 is 1.86 bits per heavy atom. The molecule has 21 heavy (non-hydrogen) atoms. The monoisotopic (exact) mass is 314 g/mol. The maximum absolute atomic E-state index is 4.52. The van der Waals surface area contributed by atoms with Gasteiger partial charge >= 0.3 is 0 Å². The van der Waals surface area contributed by atoms with Crippen molar-refractivity contribution in [2.24, 2.45) is 0 Å². The van der Waals surface area contributed by atoms with Crippen molar-refractivity contribution in [1.29, 1.82) is 0 Å². The topological polar surface area (TPSA) is 24.9 Å². The molecule has 3 aromatic rings. The summed E-state index contributed by atoms with van der Waals surface area (Å²) >= 11 is 3.55. The van der Waals surface area contributed by atoms with E-state index in [-0.39, 0.29) is 0 Å².